The van der Waals surface area contributed by atoms with Crippen LogP contribution in [0.5, 0.6) is 0 Å². The highest BCUT2D eigenvalue weighted by atomic mass is 32.1. The van der Waals surface area contributed by atoms with E-state index >= 15 is 0 Å². The van der Waals surface area contributed by atoms with Gasteiger partial charge in [0.2, 0.25) is 5.91 Å². The predicted octanol–water partition coefficient (Wildman–Crippen LogP) is 2.29. The number of hydrogen-bond donors (Lipinski definition) is 1. The van der Waals surface area contributed by atoms with E-state index in [1.165, 1.54) is 11.3 Å². The lowest BCUT2D eigenvalue weighted by Gasteiger charge is -2.45. The van der Waals surface area contributed by atoms with Crippen LogP contribution in [-0.4, -0.2) is 49.1 Å². The second kappa shape index (κ2) is 7.01. The topological polar surface area (TPSA) is 58.6 Å². The standard InChI is InChI=1S/C17H24N2O3S/c1-13(20)19-8-6-17(7-9-19)5-4-14(22-12-17)11-18-16(21)15-3-2-10-23-15/h2-3,10,14H,4-9,11-12H2,1H3,(H,18,21). The number of piperidine rings is 1. The van der Waals surface area contributed by atoms with Crippen LogP contribution < -0.4 is 5.32 Å². The Kier molecular flexibility index (Phi) is 5.02. The molecule has 2 aliphatic heterocycles. The van der Waals surface area contributed by atoms with Gasteiger partial charge >= 0.3 is 0 Å². The van der Waals surface area contributed by atoms with Crippen LogP contribution in [0.1, 0.15) is 42.3 Å². The maximum Gasteiger partial charge on any atom is 0.261 e. The van der Waals surface area contributed by atoms with Gasteiger partial charge in [-0.1, -0.05) is 6.07 Å². The first-order chi connectivity index (χ1) is 11.1. The van der Waals surface area contributed by atoms with E-state index in [1.807, 2.05) is 22.4 Å². The smallest absolute Gasteiger partial charge is 0.261 e. The highest BCUT2D eigenvalue weighted by Gasteiger charge is 2.39. The van der Waals surface area contributed by atoms with Gasteiger partial charge in [-0.3, -0.25) is 9.59 Å². The molecule has 0 aliphatic carbocycles. The molecule has 3 rings (SSSR count). The number of likely N-dealkylation sites (tertiary alicyclic amines) is 1. The number of carbonyl (C=O) groups excluding carboxylic acids is 2. The third-order valence-corrected chi connectivity index (χ3v) is 6.00. The van der Waals surface area contributed by atoms with Gasteiger partial charge in [0.25, 0.3) is 5.91 Å². The minimum atomic E-state index is -0.0151. The van der Waals surface area contributed by atoms with Crippen LogP contribution in [0.4, 0.5) is 0 Å². The molecule has 1 spiro atoms. The van der Waals surface area contributed by atoms with Crippen molar-refractivity contribution in [1.29, 1.82) is 0 Å². The molecule has 5 nitrogen and oxygen atoms in total. The fourth-order valence-corrected chi connectivity index (χ4v) is 4.11. The van der Waals surface area contributed by atoms with Crippen molar-refractivity contribution in [3.63, 3.8) is 0 Å². The van der Waals surface area contributed by atoms with Crippen molar-refractivity contribution in [2.75, 3.05) is 26.2 Å². The minimum Gasteiger partial charge on any atom is -0.376 e. The predicted molar refractivity (Wildman–Crippen MR) is 89.5 cm³/mol. The van der Waals surface area contributed by atoms with Crippen LogP contribution in [0.2, 0.25) is 0 Å². The summed E-state index contributed by atoms with van der Waals surface area (Å²) in [4.78, 5) is 26.0. The molecule has 0 bridgehead atoms. The molecule has 1 aromatic heterocycles. The Balaban J connectivity index is 1.42. The van der Waals surface area contributed by atoms with Crippen molar-refractivity contribution in [3.05, 3.63) is 22.4 Å². The monoisotopic (exact) mass is 336 g/mol. The Bertz CT molecular complexity index is 540. The first-order valence-corrected chi connectivity index (χ1v) is 9.15. The Morgan fingerprint density at radius 3 is 2.74 bits per heavy atom. The van der Waals surface area contributed by atoms with Crippen LogP contribution in [-0.2, 0) is 9.53 Å². The first kappa shape index (κ1) is 16.5. The minimum absolute atomic E-state index is 0.0151. The van der Waals surface area contributed by atoms with Crippen molar-refractivity contribution >= 4 is 23.2 Å². The summed E-state index contributed by atoms with van der Waals surface area (Å²) in [5.41, 5.74) is 0.236. The van der Waals surface area contributed by atoms with Gasteiger partial charge in [0.05, 0.1) is 17.6 Å². The number of hydrogen-bond acceptors (Lipinski definition) is 4. The van der Waals surface area contributed by atoms with Crippen LogP contribution in [0, 0.1) is 5.41 Å². The zero-order valence-corrected chi connectivity index (χ0v) is 14.4. The van der Waals surface area contributed by atoms with E-state index in [1.54, 1.807) is 6.92 Å². The molecule has 0 radical (unpaired) electrons. The summed E-state index contributed by atoms with van der Waals surface area (Å²) < 4.78 is 6.02. The van der Waals surface area contributed by atoms with E-state index in [-0.39, 0.29) is 23.3 Å². The summed E-state index contributed by atoms with van der Waals surface area (Å²) in [6.07, 6.45) is 4.26. The van der Waals surface area contributed by atoms with Gasteiger partial charge in [-0.05, 0) is 42.5 Å². The van der Waals surface area contributed by atoms with E-state index in [4.69, 9.17) is 4.74 Å². The van der Waals surface area contributed by atoms with Crippen LogP contribution >= 0.6 is 11.3 Å². The van der Waals surface area contributed by atoms with Gasteiger partial charge in [-0.2, -0.15) is 0 Å². The maximum atomic E-state index is 11.9. The fourth-order valence-electron chi connectivity index (χ4n) is 3.47. The van der Waals surface area contributed by atoms with Crippen molar-refractivity contribution in [2.45, 2.75) is 38.7 Å². The highest BCUT2D eigenvalue weighted by molar-refractivity contribution is 7.12. The largest absolute Gasteiger partial charge is 0.376 e. The van der Waals surface area contributed by atoms with Crippen molar-refractivity contribution in [2.24, 2.45) is 5.41 Å². The molecule has 3 heterocycles. The van der Waals surface area contributed by atoms with Crippen molar-refractivity contribution in [1.82, 2.24) is 10.2 Å². The summed E-state index contributed by atoms with van der Waals surface area (Å²) in [6.45, 7) is 4.66. The van der Waals surface area contributed by atoms with Gasteiger partial charge in [0, 0.05) is 26.6 Å². The van der Waals surface area contributed by atoms with E-state index < -0.39 is 0 Å². The molecule has 1 N–H and O–H groups in total. The maximum absolute atomic E-state index is 11.9. The molecule has 0 aromatic carbocycles. The number of amides is 2. The number of ether oxygens (including phenoxy) is 1. The SMILES string of the molecule is CC(=O)N1CCC2(CCC(CNC(=O)c3cccs3)OC2)CC1. The van der Waals surface area contributed by atoms with Gasteiger partial charge in [-0.25, -0.2) is 0 Å². The number of nitrogens with one attached hydrogen (secondary N) is 1. The Labute approximate surface area is 141 Å². The summed E-state index contributed by atoms with van der Waals surface area (Å²) in [7, 11) is 0. The lowest BCUT2D eigenvalue weighted by molar-refractivity contribution is -0.134. The number of rotatable bonds is 3. The van der Waals surface area contributed by atoms with Crippen LogP contribution in [0.15, 0.2) is 17.5 Å². The van der Waals surface area contributed by atoms with E-state index in [9.17, 15) is 9.59 Å². The zero-order chi connectivity index (χ0) is 16.3. The third-order valence-electron chi connectivity index (χ3n) is 5.13. The molecule has 2 amide bonds. The highest BCUT2D eigenvalue weighted by Crippen LogP contribution is 2.40. The molecule has 126 valence electrons. The molecule has 2 fully saturated rings. The lowest BCUT2D eigenvalue weighted by Crippen LogP contribution is -2.48. The number of nitrogens with zero attached hydrogens (tertiary/aromatic N) is 1. The quantitative estimate of drug-likeness (QED) is 0.921. The van der Waals surface area contributed by atoms with Crippen molar-refractivity contribution < 1.29 is 14.3 Å². The van der Waals surface area contributed by atoms with Gasteiger partial charge in [0.1, 0.15) is 0 Å². The second-order valence-electron chi connectivity index (χ2n) is 6.67. The van der Waals surface area contributed by atoms with Crippen LogP contribution in [0.3, 0.4) is 0 Å². The second-order valence-corrected chi connectivity index (χ2v) is 7.61. The molecule has 0 saturated carbocycles. The molecule has 1 atom stereocenters. The average Bonchev–Trinajstić information content (AvgIpc) is 3.09. The number of thiophene rings is 1. The van der Waals surface area contributed by atoms with E-state index in [2.05, 4.69) is 5.32 Å². The summed E-state index contributed by atoms with van der Waals surface area (Å²) >= 11 is 1.45. The van der Waals surface area contributed by atoms with E-state index in [0.717, 1.165) is 50.3 Å². The summed E-state index contributed by atoms with van der Waals surface area (Å²) in [5.74, 6) is 0.157. The third kappa shape index (κ3) is 3.93. The molecule has 2 saturated heterocycles. The summed E-state index contributed by atoms with van der Waals surface area (Å²) in [5, 5.41) is 4.87. The number of carbonyl (C=O) groups is 2. The van der Waals surface area contributed by atoms with Gasteiger partial charge < -0.3 is 15.0 Å². The first-order valence-electron chi connectivity index (χ1n) is 8.27. The molecule has 2 aliphatic rings. The fraction of sp³-hybridized carbons (Fsp3) is 0.647. The Hall–Kier alpha value is -1.40. The molecule has 1 aromatic rings. The Morgan fingerprint density at radius 2 is 2.17 bits per heavy atom. The molecule has 1 unspecified atom stereocenters. The molecular formula is C17H24N2O3S. The average molecular weight is 336 g/mol. The zero-order valence-electron chi connectivity index (χ0n) is 13.5. The normalized spacial score (nSPS) is 23.7. The van der Waals surface area contributed by atoms with Crippen LogP contribution in [0.25, 0.3) is 0 Å². The molecule has 23 heavy (non-hydrogen) atoms. The lowest BCUT2D eigenvalue weighted by atomic mass is 9.73. The molecular weight excluding hydrogens is 312 g/mol. The summed E-state index contributed by atoms with van der Waals surface area (Å²) in [6, 6.07) is 3.72. The van der Waals surface area contributed by atoms with Crippen molar-refractivity contribution in [3.8, 4) is 0 Å². The van der Waals surface area contributed by atoms with E-state index in [0.29, 0.717) is 6.54 Å². The molecule has 6 heteroatoms. The Morgan fingerprint density at radius 1 is 1.39 bits per heavy atom. The van der Waals surface area contributed by atoms with Gasteiger partial charge in [-0.15, -0.1) is 11.3 Å². The van der Waals surface area contributed by atoms with Gasteiger partial charge in [0.15, 0.2) is 0 Å².